The number of carbonyl (C=O) groups excluding carboxylic acids is 3. The van der Waals surface area contributed by atoms with Crippen molar-refractivity contribution in [2.75, 3.05) is 16.8 Å². The minimum atomic E-state index is -0.344. The summed E-state index contributed by atoms with van der Waals surface area (Å²) in [5.74, 6) is -0.381. The quantitative estimate of drug-likeness (QED) is 0.277. The van der Waals surface area contributed by atoms with E-state index in [1.54, 1.807) is 11.8 Å². The molecule has 8 rings (SSSR count). The molecule has 0 radical (unpaired) electrons. The normalized spacial score (nSPS) is 28.0. The molecule has 2 N–H and O–H groups in total. The Bertz CT molecular complexity index is 1840. The number of para-hydroxylation sites is 1. The largest absolute Gasteiger partial charge is 0.484 e. The maximum absolute atomic E-state index is 13.9. The molecule has 4 aliphatic rings. The zero-order valence-electron chi connectivity index (χ0n) is 23.8. The predicted octanol–water partition coefficient (Wildman–Crippen LogP) is 5.44. The Morgan fingerprint density at radius 1 is 0.932 bits per heavy atom. The number of benzene rings is 3. The first-order valence-electron chi connectivity index (χ1n) is 14.8. The molecule has 2 aliphatic carbocycles. The van der Waals surface area contributed by atoms with Crippen LogP contribution >= 0.6 is 23.1 Å². The SMILES string of the molecule is Cc1ccc(NC(=O)COc2ccc([C@H]3c4sc(=O)[nH]c4SC4C3[C@H]3C[C@@H]4C4C(=O)N(c5ccccc5)C(=O)C43)cc2)cc1. The van der Waals surface area contributed by atoms with Crippen LogP contribution in [-0.4, -0.2) is 34.6 Å². The highest BCUT2D eigenvalue weighted by Gasteiger charge is 2.69. The zero-order valence-corrected chi connectivity index (χ0v) is 25.4. The molecule has 0 spiro atoms. The van der Waals surface area contributed by atoms with Crippen molar-refractivity contribution in [3.63, 3.8) is 0 Å². The number of nitrogens with one attached hydrogen (secondary N) is 2. The van der Waals surface area contributed by atoms with Gasteiger partial charge in [0.05, 0.1) is 22.5 Å². The number of aromatic nitrogens is 1. The van der Waals surface area contributed by atoms with Gasteiger partial charge in [0.1, 0.15) is 5.75 Å². The lowest BCUT2D eigenvalue weighted by Gasteiger charge is -2.43. The summed E-state index contributed by atoms with van der Waals surface area (Å²) in [6.45, 7) is 1.87. The Hall–Kier alpha value is -4.15. The van der Waals surface area contributed by atoms with Gasteiger partial charge in [-0.25, -0.2) is 0 Å². The summed E-state index contributed by atoms with van der Waals surface area (Å²) in [5.41, 5.74) is 3.50. The molecule has 44 heavy (non-hydrogen) atoms. The number of H-pyrrole nitrogens is 1. The van der Waals surface area contributed by atoms with E-state index in [4.69, 9.17) is 4.74 Å². The van der Waals surface area contributed by atoms with Gasteiger partial charge in [0, 0.05) is 21.7 Å². The number of hydrogen-bond acceptors (Lipinski definition) is 7. The topological polar surface area (TPSA) is 109 Å². The van der Waals surface area contributed by atoms with Crippen LogP contribution in [0.2, 0.25) is 0 Å². The third-order valence-electron chi connectivity index (χ3n) is 9.68. The van der Waals surface area contributed by atoms with Gasteiger partial charge >= 0.3 is 4.87 Å². The molecule has 2 aliphatic heterocycles. The van der Waals surface area contributed by atoms with E-state index in [9.17, 15) is 19.2 Å². The number of fused-ring (bicyclic) bond motifs is 9. The number of nitrogens with zero attached hydrogens (tertiary/aromatic N) is 1. The Labute approximate surface area is 261 Å². The van der Waals surface area contributed by atoms with Crippen LogP contribution in [0.1, 0.15) is 28.3 Å². The van der Waals surface area contributed by atoms with Crippen LogP contribution in [0.4, 0.5) is 11.4 Å². The number of amides is 3. The van der Waals surface area contributed by atoms with Gasteiger partial charge in [0.25, 0.3) is 5.91 Å². The lowest BCUT2D eigenvalue weighted by atomic mass is 9.68. The van der Waals surface area contributed by atoms with E-state index >= 15 is 0 Å². The van der Waals surface area contributed by atoms with Crippen LogP contribution in [0.5, 0.6) is 5.75 Å². The van der Waals surface area contributed by atoms with Gasteiger partial charge in [0.15, 0.2) is 6.61 Å². The number of carbonyl (C=O) groups is 3. The summed E-state index contributed by atoms with van der Waals surface area (Å²) in [6.07, 6.45) is 0.838. The Balaban J connectivity index is 1.05. The summed E-state index contributed by atoms with van der Waals surface area (Å²) in [7, 11) is 0. The lowest BCUT2D eigenvalue weighted by molar-refractivity contribution is -0.123. The molecule has 1 saturated heterocycles. The highest BCUT2D eigenvalue weighted by molar-refractivity contribution is 8.00. The van der Waals surface area contributed by atoms with Crippen molar-refractivity contribution < 1.29 is 19.1 Å². The molecular formula is C34H29N3O5S2. The number of thioether (sulfide) groups is 1. The number of aryl methyl sites for hydroxylation is 1. The summed E-state index contributed by atoms with van der Waals surface area (Å²) in [6, 6.07) is 24.5. The minimum absolute atomic E-state index is 0.0458. The molecule has 3 heterocycles. The van der Waals surface area contributed by atoms with Crippen LogP contribution in [0.25, 0.3) is 0 Å². The first-order valence-corrected chi connectivity index (χ1v) is 16.5. The molecule has 3 fully saturated rings. The van der Waals surface area contributed by atoms with Gasteiger partial charge in [-0.3, -0.25) is 24.1 Å². The van der Waals surface area contributed by atoms with Gasteiger partial charge in [-0.2, -0.15) is 0 Å². The van der Waals surface area contributed by atoms with Crippen molar-refractivity contribution in [1.29, 1.82) is 0 Å². The van der Waals surface area contributed by atoms with Crippen molar-refractivity contribution in [3.05, 3.63) is 105 Å². The number of ether oxygens (including phenoxy) is 1. The van der Waals surface area contributed by atoms with Crippen LogP contribution in [0.3, 0.4) is 0 Å². The first kappa shape index (κ1) is 27.4. The molecule has 10 heteroatoms. The monoisotopic (exact) mass is 623 g/mol. The molecule has 4 unspecified atom stereocenters. The number of thiazole rings is 1. The van der Waals surface area contributed by atoms with Crippen LogP contribution in [-0.2, 0) is 14.4 Å². The molecule has 1 aromatic heterocycles. The zero-order chi connectivity index (χ0) is 30.1. The van der Waals surface area contributed by atoms with Crippen molar-refractivity contribution in [2.24, 2.45) is 29.6 Å². The fraction of sp³-hybridized carbons (Fsp3) is 0.294. The third kappa shape index (κ3) is 4.34. The van der Waals surface area contributed by atoms with Crippen LogP contribution in [0, 0.1) is 36.5 Å². The second-order valence-electron chi connectivity index (χ2n) is 12.1. The van der Waals surface area contributed by atoms with Crippen molar-refractivity contribution >= 4 is 52.2 Å². The van der Waals surface area contributed by atoms with E-state index in [1.807, 2.05) is 85.8 Å². The van der Waals surface area contributed by atoms with Gasteiger partial charge in [0.2, 0.25) is 11.8 Å². The standard InChI is InChI=1S/C34H29N3O5S2/c1-17-7-11-19(12-8-17)35-24(38)16-42-21-13-9-18(10-14-21)25-26-22-15-23(29(26)43-31-30(25)44-34(41)36-31)28-27(22)32(39)37(33(28)40)20-5-3-2-4-6-20/h2-14,22-23,25-29H,15-16H2,1H3,(H,35,38)(H,36,41)/t22-,23-,25-,26?,27?,28?,29?/m1/s1. The van der Waals surface area contributed by atoms with Crippen LogP contribution in [0.15, 0.2) is 88.7 Å². The predicted molar refractivity (Wildman–Crippen MR) is 169 cm³/mol. The molecule has 7 atom stereocenters. The molecule has 3 aromatic carbocycles. The van der Waals surface area contributed by atoms with Gasteiger partial charge in [-0.1, -0.05) is 59.4 Å². The van der Waals surface area contributed by atoms with E-state index in [0.717, 1.165) is 27.5 Å². The van der Waals surface area contributed by atoms with Crippen molar-refractivity contribution in [3.8, 4) is 5.75 Å². The van der Waals surface area contributed by atoms with Gasteiger partial charge in [-0.05, 0) is 73.1 Å². The molecule has 2 saturated carbocycles. The van der Waals surface area contributed by atoms with E-state index < -0.39 is 0 Å². The average molecular weight is 624 g/mol. The average Bonchev–Trinajstić information content (AvgIpc) is 3.77. The molecule has 3 amide bonds. The number of rotatable bonds is 6. The second-order valence-corrected chi connectivity index (χ2v) is 14.3. The Kier molecular flexibility index (Phi) is 6.53. The first-order chi connectivity index (χ1) is 21.4. The molecular weight excluding hydrogens is 595 g/mol. The van der Waals surface area contributed by atoms with Gasteiger partial charge < -0.3 is 15.0 Å². The molecule has 4 aromatic rings. The van der Waals surface area contributed by atoms with E-state index in [2.05, 4.69) is 10.3 Å². The fourth-order valence-corrected chi connectivity index (χ4v) is 10.9. The minimum Gasteiger partial charge on any atom is -0.484 e. The van der Waals surface area contributed by atoms with E-state index in [-0.39, 0.29) is 70.0 Å². The number of imide groups is 1. The van der Waals surface area contributed by atoms with E-state index in [1.165, 1.54) is 16.2 Å². The summed E-state index contributed by atoms with van der Waals surface area (Å²) in [5, 5.41) is 3.84. The lowest BCUT2D eigenvalue weighted by Crippen LogP contribution is -2.42. The maximum atomic E-state index is 13.9. The fourth-order valence-electron chi connectivity index (χ4n) is 7.98. The second kappa shape index (κ2) is 10.5. The molecule has 8 nitrogen and oxygen atoms in total. The van der Waals surface area contributed by atoms with Crippen molar-refractivity contribution in [1.82, 2.24) is 4.98 Å². The summed E-state index contributed by atoms with van der Waals surface area (Å²) < 4.78 is 5.79. The Morgan fingerprint density at radius 2 is 1.64 bits per heavy atom. The summed E-state index contributed by atoms with van der Waals surface area (Å²) in [4.78, 5) is 57.9. The third-order valence-corrected chi connectivity index (χ3v) is 12.3. The highest BCUT2D eigenvalue weighted by atomic mass is 32.2. The van der Waals surface area contributed by atoms with Gasteiger partial charge in [-0.15, -0.1) is 11.8 Å². The van der Waals surface area contributed by atoms with Crippen molar-refractivity contribution in [2.45, 2.75) is 29.5 Å². The Morgan fingerprint density at radius 3 is 2.36 bits per heavy atom. The molecule has 2 bridgehead atoms. The smallest absolute Gasteiger partial charge is 0.305 e. The van der Waals surface area contributed by atoms with E-state index in [0.29, 0.717) is 17.1 Å². The summed E-state index contributed by atoms with van der Waals surface area (Å²) >= 11 is 2.91. The van der Waals surface area contributed by atoms with Crippen LogP contribution < -0.4 is 19.8 Å². The number of aromatic amines is 1. The maximum Gasteiger partial charge on any atom is 0.305 e. The number of hydrogen-bond donors (Lipinski definition) is 2. The highest BCUT2D eigenvalue weighted by Crippen LogP contribution is 2.68. The number of anilines is 2. The molecule has 222 valence electrons.